The van der Waals surface area contributed by atoms with Crippen molar-refractivity contribution in [3.8, 4) is 0 Å². The van der Waals surface area contributed by atoms with Crippen LogP contribution in [0.15, 0.2) is 0 Å². The lowest BCUT2D eigenvalue weighted by Crippen LogP contribution is -2.58. The van der Waals surface area contributed by atoms with Crippen molar-refractivity contribution in [1.82, 2.24) is 5.32 Å². The number of nitrogens with one attached hydrogen (secondary N) is 1. The van der Waals surface area contributed by atoms with E-state index in [1.165, 1.54) is 27.9 Å². The first-order chi connectivity index (χ1) is 9.83. The Morgan fingerprint density at radius 3 is 2.33 bits per heavy atom. The third-order valence-electron chi connectivity index (χ3n) is 2.94. The number of ether oxygens (including phenoxy) is 4. The first-order valence-corrected chi connectivity index (χ1v) is 6.59. The molecule has 0 aliphatic carbocycles. The molecule has 1 amide bonds. The second-order valence-corrected chi connectivity index (χ2v) is 4.76. The second kappa shape index (κ2) is 7.94. The zero-order chi connectivity index (χ0) is 16.0. The minimum atomic E-state index is -0.753. The van der Waals surface area contributed by atoms with E-state index in [1.807, 2.05) is 0 Å². The van der Waals surface area contributed by atoms with E-state index in [9.17, 15) is 14.4 Å². The van der Waals surface area contributed by atoms with Crippen molar-refractivity contribution in [2.45, 2.75) is 51.7 Å². The summed E-state index contributed by atoms with van der Waals surface area (Å²) in [5, 5.41) is 2.70. The average molecular weight is 303 g/mol. The molecule has 120 valence electrons. The van der Waals surface area contributed by atoms with Gasteiger partial charge in [-0.25, -0.2) is 0 Å². The fourth-order valence-electron chi connectivity index (χ4n) is 2.17. The lowest BCUT2D eigenvalue weighted by Gasteiger charge is -2.40. The van der Waals surface area contributed by atoms with E-state index < -0.39 is 36.5 Å². The molecular formula is C13H21NO7. The third kappa shape index (κ3) is 5.68. The molecule has 0 unspecified atom stereocenters. The predicted molar refractivity (Wildman–Crippen MR) is 70.1 cm³/mol. The van der Waals surface area contributed by atoms with Crippen molar-refractivity contribution in [3.63, 3.8) is 0 Å². The first kappa shape index (κ1) is 17.4. The van der Waals surface area contributed by atoms with Crippen LogP contribution in [0.4, 0.5) is 0 Å². The van der Waals surface area contributed by atoms with Gasteiger partial charge >= 0.3 is 11.9 Å². The van der Waals surface area contributed by atoms with Crippen LogP contribution < -0.4 is 5.32 Å². The Morgan fingerprint density at radius 2 is 1.86 bits per heavy atom. The zero-order valence-corrected chi connectivity index (χ0v) is 12.6. The van der Waals surface area contributed by atoms with Crippen LogP contribution in [-0.4, -0.2) is 56.1 Å². The number of rotatable bonds is 5. The van der Waals surface area contributed by atoms with Gasteiger partial charge in [0.05, 0.1) is 6.04 Å². The quantitative estimate of drug-likeness (QED) is 0.699. The van der Waals surface area contributed by atoms with Gasteiger partial charge in [-0.05, 0) is 0 Å². The summed E-state index contributed by atoms with van der Waals surface area (Å²) >= 11 is 0. The normalized spacial score (nSPS) is 28.6. The Bertz CT molecular complexity index is 398. The van der Waals surface area contributed by atoms with Crippen LogP contribution in [0.5, 0.6) is 0 Å². The van der Waals surface area contributed by atoms with Crippen molar-refractivity contribution in [2.75, 3.05) is 13.7 Å². The van der Waals surface area contributed by atoms with Gasteiger partial charge in [0.15, 0.2) is 12.4 Å². The molecule has 1 heterocycles. The van der Waals surface area contributed by atoms with E-state index in [-0.39, 0.29) is 12.5 Å². The second-order valence-electron chi connectivity index (χ2n) is 4.76. The largest absolute Gasteiger partial charge is 0.463 e. The molecule has 1 saturated heterocycles. The van der Waals surface area contributed by atoms with E-state index in [0.717, 1.165) is 0 Å². The smallest absolute Gasteiger partial charge is 0.303 e. The number of hydrogen-bond donors (Lipinski definition) is 1. The van der Waals surface area contributed by atoms with E-state index >= 15 is 0 Å². The maximum Gasteiger partial charge on any atom is 0.303 e. The summed E-state index contributed by atoms with van der Waals surface area (Å²) in [7, 11) is 1.46. The van der Waals surface area contributed by atoms with Crippen molar-refractivity contribution >= 4 is 17.8 Å². The van der Waals surface area contributed by atoms with Gasteiger partial charge in [0.2, 0.25) is 5.91 Å². The van der Waals surface area contributed by atoms with Crippen LogP contribution in [0.2, 0.25) is 0 Å². The number of carbonyl (C=O) groups excluding carboxylic acids is 3. The maximum atomic E-state index is 11.3. The summed E-state index contributed by atoms with van der Waals surface area (Å²) in [6.07, 6.45) is -1.73. The minimum Gasteiger partial charge on any atom is -0.463 e. The lowest BCUT2D eigenvalue weighted by molar-refractivity contribution is -0.237. The van der Waals surface area contributed by atoms with E-state index in [2.05, 4.69) is 5.32 Å². The lowest BCUT2D eigenvalue weighted by atomic mass is 9.98. The molecule has 1 N–H and O–H groups in total. The van der Waals surface area contributed by atoms with Gasteiger partial charge < -0.3 is 24.3 Å². The van der Waals surface area contributed by atoms with Gasteiger partial charge in [0.1, 0.15) is 12.7 Å². The number of amides is 1. The fourth-order valence-corrected chi connectivity index (χ4v) is 2.17. The highest BCUT2D eigenvalue weighted by Gasteiger charge is 2.42. The maximum absolute atomic E-state index is 11.3. The van der Waals surface area contributed by atoms with Crippen molar-refractivity contribution < 1.29 is 33.3 Å². The SMILES string of the molecule is CO[C@H]1C[C@H](NC(C)=O)[C@@H](OC(C)=O)[C@@H](COC(C)=O)O1. The molecule has 0 aromatic rings. The van der Waals surface area contributed by atoms with Crippen LogP contribution >= 0.6 is 0 Å². The molecule has 4 atom stereocenters. The average Bonchev–Trinajstić information content (AvgIpc) is 2.37. The molecular weight excluding hydrogens is 282 g/mol. The van der Waals surface area contributed by atoms with Gasteiger partial charge in [-0.15, -0.1) is 0 Å². The van der Waals surface area contributed by atoms with Crippen molar-refractivity contribution in [1.29, 1.82) is 0 Å². The van der Waals surface area contributed by atoms with Crippen molar-refractivity contribution in [2.24, 2.45) is 0 Å². The molecule has 0 aromatic carbocycles. The Morgan fingerprint density at radius 1 is 1.19 bits per heavy atom. The summed E-state index contributed by atoms with van der Waals surface area (Å²) in [5.41, 5.74) is 0. The number of methoxy groups -OCH3 is 1. The Labute approximate surface area is 123 Å². The van der Waals surface area contributed by atoms with E-state index in [1.54, 1.807) is 0 Å². The highest BCUT2D eigenvalue weighted by atomic mass is 16.7. The number of carbonyl (C=O) groups is 3. The van der Waals surface area contributed by atoms with Crippen LogP contribution in [0.1, 0.15) is 27.2 Å². The molecule has 21 heavy (non-hydrogen) atoms. The summed E-state index contributed by atoms with van der Waals surface area (Å²) in [5.74, 6) is -1.25. The number of hydrogen-bond acceptors (Lipinski definition) is 7. The van der Waals surface area contributed by atoms with Crippen molar-refractivity contribution in [3.05, 3.63) is 0 Å². The summed E-state index contributed by atoms with van der Waals surface area (Å²) < 4.78 is 20.9. The monoisotopic (exact) mass is 303 g/mol. The third-order valence-corrected chi connectivity index (χ3v) is 2.94. The molecule has 1 aliphatic heterocycles. The van der Waals surface area contributed by atoms with Gasteiger partial charge in [-0.2, -0.15) is 0 Å². The molecule has 0 saturated carbocycles. The molecule has 1 aliphatic rings. The zero-order valence-electron chi connectivity index (χ0n) is 12.6. The van der Waals surface area contributed by atoms with Gasteiger partial charge in [-0.1, -0.05) is 0 Å². The van der Waals surface area contributed by atoms with Gasteiger partial charge in [0.25, 0.3) is 0 Å². The predicted octanol–water partition coefficient (Wildman–Crippen LogP) is -0.253. The molecule has 8 nitrogen and oxygen atoms in total. The highest BCUT2D eigenvalue weighted by Crippen LogP contribution is 2.24. The summed E-state index contributed by atoms with van der Waals surface area (Å²) in [6.45, 7) is 3.80. The van der Waals surface area contributed by atoms with Gasteiger partial charge in [-0.3, -0.25) is 14.4 Å². The minimum absolute atomic E-state index is 0.0940. The topological polar surface area (TPSA) is 100 Å². The molecule has 1 fully saturated rings. The molecule has 0 bridgehead atoms. The fraction of sp³-hybridized carbons (Fsp3) is 0.769. The highest BCUT2D eigenvalue weighted by molar-refractivity contribution is 5.73. The van der Waals surface area contributed by atoms with Crippen LogP contribution in [-0.2, 0) is 33.3 Å². The summed E-state index contributed by atoms with van der Waals surface area (Å²) in [6, 6.07) is -0.481. The van der Waals surface area contributed by atoms with Crippen LogP contribution in [0, 0.1) is 0 Å². The first-order valence-electron chi connectivity index (χ1n) is 6.59. The Kier molecular flexibility index (Phi) is 6.57. The molecule has 0 radical (unpaired) electrons. The molecule has 1 rings (SSSR count). The number of esters is 2. The standard InChI is InChI=1S/C13H21NO7/c1-7(15)14-10-5-12(18-4)21-11(6-19-8(2)16)13(10)20-9(3)17/h10-13H,5-6H2,1-4H3,(H,14,15)/t10-,11+,12+,13+/m0/s1. The Balaban J connectivity index is 2.87. The summed E-state index contributed by atoms with van der Waals surface area (Å²) in [4.78, 5) is 33.5. The molecule has 0 spiro atoms. The van der Waals surface area contributed by atoms with E-state index in [0.29, 0.717) is 6.42 Å². The molecule has 0 aromatic heterocycles. The molecule has 8 heteroatoms. The van der Waals surface area contributed by atoms with Crippen LogP contribution in [0.3, 0.4) is 0 Å². The van der Waals surface area contributed by atoms with E-state index in [4.69, 9.17) is 18.9 Å². The Hall–Kier alpha value is -1.67. The van der Waals surface area contributed by atoms with Crippen LogP contribution in [0.25, 0.3) is 0 Å². The van der Waals surface area contributed by atoms with Gasteiger partial charge in [0, 0.05) is 34.3 Å².